The quantitative estimate of drug-likeness (QED) is 0.600. The second kappa shape index (κ2) is 6.64. The molecule has 0 radical (unpaired) electrons. The van der Waals surface area contributed by atoms with E-state index in [1.807, 2.05) is 31.2 Å². The van der Waals surface area contributed by atoms with Crippen LogP contribution in [0.3, 0.4) is 0 Å². The van der Waals surface area contributed by atoms with Gasteiger partial charge in [-0.05, 0) is 30.7 Å². The number of benzene rings is 2. The highest BCUT2D eigenvalue weighted by Crippen LogP contribution is 2.26. The molecule has 130 valence electrons. The summed E-state index contributed by atoms with van der Waals surface area (Å²) < 4.78 is 2.13. The Hall–Kier alpha value is -3.13. The third-order valence-corrected chi connectivity index (χ3v) is 5.05. The van der Waals surface area contributed by atoms with E-state index < -0.39 is 6.04 Å². The minimum Gasteiger partial charge on any atom is -0.300 e. The standard InChI is InChI=1S/C18H15N5O2S/c1-2-14(23-17(25)11-7-3-4-8-12(11)21-22-23)16(24)20-18-19-13-9-5-6-10-15(13)26-18/h3-10,14H,2H2,1H3,(H,19,20,24)/t14-/m1/s1. The first-order valence-electron chi connectivity index (χ1n) is 8.18. The van der Waals surface area contributed by atoms with E-state index in [1.54, 1.807) is 24.3 Å². The number of anilines is 1. The Bertz CT molecular complexity index is 1130. The van der Waals surface area contributed by atoms with Crippen LogP contribution >= 0.6 is 11.3 Å². The smallest absolute Gasteiger partial charge is 0.278 e. The Labute approximate surface area is 152 Å². The molecule has 4 aromatic rings. The number of aromatic nitrogens is 4. The van der Waals surface area contributed by atoms with E-state index in [1.165, 1.54) is 11.3 Å². The van der Waals surface area contributed by atoms with Crippen molar-refractivity contribution in [2.75, 3.05) is 5.32 Å². The Balaban J connectivity index is 1.67. The molecule has 0 aliphatic rings. The van der Waals surface area contributed by atoms with Crippen LogP contribution in [0.25, 0.3) is 21.1 Å². The monoisotopic (exact) mass is 365 g/mol. The van der Waals surface area contributed by atoms with Crippen molar-refractivity contribution in [2.45, 2.75) is 19.4 Å². The average molecular weight is 365 g/mol. The molecule has 0 aliphatic heterocycles. The first-order chi connectivity index (χ1) is 12.7. The SMILES string of the molecule is CC[C@H](C(=O)Nc1nc2ccccc2s1)n1nnc2ccccc2c1=O. The summed E-state index contributed by atoms with van der Waals surface area (Å²) in [6.45, 7) is 1.83. The highest BCUT2D eigenvalue weighted by Gasteiger charge is 2.23. The molecule has 4 rings (SSSR count). The summed E-state index contributed by atoms with van der Waals surface area (Å²) in [5, 5.41) is 11.7. The number of hydrogen-bond donors (Lipinski definition) is 1. The number of para-hydroxylation sites is 1. The third kappa shape index (κ3) is 2.84. The largest absolute Gasteiger partial charge is 0.300 e. The fourth-order valence-electron chi connectivity index (χ4n) is 2.79. The number of carbonyl (C=O) groups excluding carboxylic acids is 1. The molecule has 7 nitrogen and oxygen atoms in total. The third-order valence-electron chi connectivity index (χ3n) is 4.10. The van der Waals surface area contributed by atoms with E-state index in [4.69, 9.17) is 0 Å². The number of nitrogens with zero attached hydrogens (tertiary/aromatic N) is 4. The summed E-state index contributed by atoms with van der Waals surface area (Å²) in [5.74, 6) is -0.335. The summed E-state index contributed by atoms with van der Waals surface area (Å²) in [5.41, 5.74) is 1.00. The summed E-state index contributed by atoms with van der Waals surface area (Å²) in [7, 11) is 0. The van der Waals surface area contributed by atoms with Crippen LogP contribution in [0.2, 0.25) is 0 Å². The summed E-state index contributed by atoms with van der Waals surface area (Å²) in [6.07, 6.45) is 0.406. The summed E-state index contributed by atoms with van der Waals surface area (Å²) >= 11 is 1.39. The van der Waals surface area contributed by atoms with Gasteiger partial charge in [0.25, 0.3) is 11.5 Å². The minimum absolute atomic E-state index is 0.332. The van der Waals surface area contributed by atoms with Gasteiger partial charge < -0.3 is 5.32 Å². The highest BCUT2D eigenvalue weighted by atomic mass is 32.1. The van der Waals surface area contributed by atoms with Crippen LogP contribution in [0.1, 0.15) is 19.4 Å². The first kappa shape index (κ1) is 16.3. The van der Waals surface area contributed by atoms with Crippen molar-refractivity contribution >= 4 is 43.5 Å². The van der Waals surface area contributed by atoms with Crippen molar-refractivity contribution in [1.29, 1.82) is 0 Å². The lowest BCUT2D eigenvalue weighted by Crippen LogP contribution is -2.35. The zero-order valence-corrected chi connectivity index (χ0v) is 14.7. The lowest BCUT2D eigenvalue weighted by molar-refractivity contribution is -0.119. The van der Waals surface area contributed by atoms with Gasteiger partial charge in [-0.3, -0.25) is 9.59 Å². The lowest BCUT2D eigenvalue weighted by atomic mass is 10.2. The number of rotatable bonds is 4. The molecule has 2 heterocycles. The van der Waals surface area contributed by atoms with Crippen molar-refractivity contribution in [3.8, 4) is 0 Å². The number of hydrogen-bond acceptors (Lipinski definition) is 6. The molecule has 1 N–H and O–H groups in total. The minimum atomic E-state index is -0.758. The maximum absolute atomic E-state index is 12.7. The van der Waals surface area contributed by atoms with Crippen LogP contribution in [-0.4, -0.2) is 25.9 Å². The van der Waals surface area contributed by atoms with Crippen LogP contribution in [0, 0.1) is 0 Å². The number of amides is 1. The van der Waals surface area contributed by atoms with Gasteiger partial charge in [-0.1, -0.05) is 47.7 Å². The van der Waals surface area contributed by atoms with Gasteiger partial charge in [-0.2, -0.15) is 4.68 Å². The van der Waals surface area contributed by atoms with E-state index in [9.17, 15) is 9.59 Å². The van der Waals surface area contributed by atoms with Crippen LogP contribution in [0.15, 0.2) is 53.3 Å². The molecular weight excluding hydrogens is 350 g/mol. The maximum atomic E-state index is 12.7. The molecule has 1 amide bonds. The van der Waals surface area contributed by atoms with Gasteiger partial charge in [0, 0.05) is 0 Å². The predicted molar refractivity (Wildman–Crippen MR) is 101 cm³/mol. The second-order valence-corrected chi connectivity index (χ2v) is 6.79. The molecule has 0 fully saturated rings. The van der Waals surface area contributed by atoms with Gasteiger partial charge in [0.2, 0.25) is 0 Å². The molecule has 0 unspecified atom stereocenters. The molecule has 0 bridgehead atoms. The van der Waals surface area contributed by atoms with Gasteiger partial charge in [0.15, 0.2) is 5.13 Å². The molecule has 2 aromatic carbocycles. The molecule has 0 saturated heterocycles. The van der Waals surface area contributed by atoms with E-state index in [-0.39, 0.29) is 11.5 Å². The van der Waals surface area contributed by atoms with Gasteiger partial charge in [-0.25, -0.2) is 4.98 Å². The number of fused-ring (bicyclic) bond motifs is 2. The average Bonchev–Trinajstić information content (AvgIpc) is 3.06. The molecule has 8 heteroatoms. The second-order valence-electron chi connectivity index (χ2n) is 5.76. The van der Waals surface area contributed by atoms with Crippen LogP contribution in [0.4, 0.5) is 5.13 Å². The van der Waals surface area contributed by atoms with Crippen LogP contribution in [0.5, 0.6) is 0 Å². The van der Waals surface area contributed by atoms with Crippen LogP contribution < -0.4 is 10.9 Å². The Morgan fingerprint density at radius 2 is 1.88 bits per heavy atom. The van der Waals surface area contributed by atoms with Gasteiger partial charge >= 0.3 is 0 Å². The molecule has 1 atom stereocenters. The van der Waals surface area contributed by atoms with Gasteiger partial charge in [-0.15, -0.1) is 5.10 Å². The van der Waals surface area contributed by atoms with Crippen molar-refractivity contribution in [3.05, 3.63) is 58.9 Å². The van der Waals surface area contributed by atoms with E-state index in [0.717, 1.165) is 14.9 Å². The lowest BCUT2D eigenvalue weighted by Gasteiger charge is -2.15. The Kier molecular flexibility index (Phi) is 4.18. The van der Waals surface area contributed by atoms with Crippen molar-refractivity contribution in [3.63, 3.8) is 0 Å². The Morgan fingerprint density at radius 1 is 1.15 bits per heavy atom. The number of carbonyl (C=O) groups is 1. The van der Waals surface area contributed by atoms with Crippen LogP contribution in [-0.2, 0) is 4.79 Å². The molecule has 0 spiro atoms. The topological polar surface area (TPSA) is 89.8 Å². The predicted octanol–water partition coefficient (Wildman–Crippen LogP) is 2.99. The fraction of sp³-hybridized carbons (Fsp3) is 0.167. The maximum Gasteiger partial charge on any atom is 0.278 e. The zero-order valence-electron chi connectivity index (χ0n) is 13.9. The van der Waals surface area contributed by atoms with E-state index in [2.05, 4.69) is 20.6 Å². The summed E-state index contributed by atoms with van der Waals surface area (Å²) in [4.78, 5) is 29.8. The van der Waals surface area contributed by atoms with E-state index >= 15 is 0 Å². The molecule has 0 aliphatic carbocycles. The van der Waals surface area contributed by atoms with E-state index in [0.29, 0.717) is 22.5 Å². The number of nitrogens with one attached hydrogen (secondary N) is 1. The Morgan fingerprint density at radius 3 is 2.65 bits per heavy atom. The van der Waals surface area contributed by atoms with Crippen molar-refractivity contribution in [2.24, 2.45) is 0 Å². The molecule has 0 saturated carbocycles. The first-order valence-corrected chi connectivity index (χ1v) is 8.99. The normalized spacial score (nSPS) is 12.3. The van der Waals surface area contributed by atoms with Gasteiger partial charge in [0.1, 0.15) is 11.6 Å². The fourth-order valence-corrected chi connectivity index (χ4v) is 3.66. The molecule has 26 heavy (non-hydrogen) atoms. The molecular formula is C18H15N5O2S. The van der Waals surface area contributed by atoms with Crippen molar-refractivity contribution in [1.82, 2.24) is 20.0 Å². The van der Waals surface area contributed by atoms with Crippen molar-refractivity contribution < 1.29 is 4.79 Å². The van der Waals surface area contributed by atoms with Gasteiger partial charge in [0.05, 0.1) is 15.6 Å². The number of thiazole rings is 1. The summed E-state index contributed by atoms with van der Waals surface area (Å²) in [6, 6.07) is 13.8. The zero-order chi connectivity index (χ0) is 18.1. The highest BCUT2D eigenvalue weighted by molar-refractivity contribution is 7.22. The molecule has 2 aromatic heterocycles.